The van der Waals surface area contributed by atoms with Crippen molar-refractivity contribution in [1.29, 1.82) is 0 Å². The van der Waals surface area contributed by atoms with Crippen molar-refractivity contribution in [3.8, 4) is 0 Å². The highest BCUT2D eigenvalue weighted by atomic mass is 16.2. The third kappa shape index (κ3) is 4.19. The lowest BCUT2D eigenvalue weighted by molar-refractivity contribution is 0.0730. The molecule has 1 aromatic heterocycles. The highest BCUT2D eigenvalue weighted by molar-refractivity contribution is 5.96. The lowest BCUT2D eigenvalue weighted by atomic mass is 10.0. The molecule has 29 heavy (non-hydrogen) atoms. The molecule has 3 heterocycles. The van der Waals surface area contributed by atoms with Crippen LogP contribution in [-0.2, 0) is 19.4 Å². The molecule has 0 saturated carbocycles. The minimum absolute atomic E-state index is 0.00109. The van der Waals surface area contributed by atoms with Crippen LogP contribution in [-0.4, -0.2) is 64.5 Å². The third-order valence-corrected chi connectivity index (χ3v) is 6.10. The summed E-state index contributed by atoms with van der Waals surface area (Å²) in [5, 5.41) is 10.4. The van der Waals surface area contributed by atoms with Crippen molar-refractivity contribution >= 4 is 11.8 Å². The average Bonchev–Trinajstić information content (AvgIpc) is 3.18. The zero-order valence-corrected chi connectivity index (χ0v) is 17.2. The van der Waals surface area contributed by atoms with Crippen LogP contribution in [0.25, 0.3) is 0 Å². The van der Waals surface area contributed by atoms with Crippen LogP contribution in [0.2, 0.25) is 0 Å². The van der Waals surface area contributed by atoms with Gasteiger partial charge in [0.1, 0.15) is 0 Å². The predicted octanol–water partition coefficient (Wildman–Crippen LogP) is 1.99. The summed E-state index contributed by atoms with van der Waals surface area (Å²) in [5.41, 5.74) is 4.14. The first-order valence-corrected chi connectivity index (χ1v) is 10.5. The smallest absolute Gasteiger partial charge is 0.272 e. The Morgan fingerprint density at radius 3 is 2.59 bits per heavy atom. The van der Waals surface area contributed by atoms with Gasteiger partial charge in [-0.05, 0) is 57.1 Å². The van der Waals surface area contributed by atoms with E-state index in [0.29, 0.717) is 30.8 Å². The van der Waals surface area contributed by atoms with Crippen LogP contribution >= 0.6 is 0 Å². The number of likely N-dealkylation sites (tertiary alicyclic amines) is 1. The molecule has 0 atom stereocenters. The topological polar surface area (TPSA) is 81.3 Å². The number of aryl methyl sites for hydroxylation is 1. The Morgan fingerprint density at radius 2 is 1.90 bits per heavy atom. The Labute approximate surface area is 171 Å². The fourth-order valence-corrected chi connectivity index (χ4v) is 4.13. The molecule has 1 fully saturated rings. The minimum atomic E-state index is -0.140. The van der Waals surface area contributed by atoms with Crippen LogP contribution in [0.5, 0.6) is 0 Å². The summed E-state index contributed by atoms with van der Waals surface area (Å²) >= 11 is 0. The molecule has 2 N–H and O–H groups in total. The number of piperidine rings is 1. The first-order chi connectivity index (χ1) is 14.0. The summed E-state index contributed by atoms with van der Waals surface area (Å²) in [7, 11) is 2.10. The van der Waals surface area contributed by atoms with E-state index in [1.165, 1.54) is 5.56 Å². The molecule has 2 aromatic rings. The van der Waals surface area contributed by atoms with Gasteiger partial charge in [-0.2, -0.15) is 5.10 Å². The van der Waals surface area contributed by atoms with Crippen molar-refractivity contribution in [2.45, 2.75) is 45.2 Å². The van der Waals surface area contributed by atoms with E-state index < -0.39 is 0 Å². The zero-order valence-electron chi connectivity index (χ0n) is 17.2. The number of rotatable bonds is 4. The molecule has 2 aliphatic heterocycles. The van der Waals surface area contributed by atoms with Gasteiger partial charge in [0.05, 0.1) is 6.54 Å². The summed E-state index contributed by atoms with van der Waals surface area (Å²) in [4.78, 5) is 29.9. The first kappa shape index (κ1) is 19.6. The van der Waals surface area contributed by atoms with Crippen molar-refractivity contribution in [2.75, 3.05) is 26.7 Å². The lowest BCUT2D eigenvalue weighted by Gasteiger charge is -2.30. The molecule has 2 amide bonds. The number of carbonyl (C=O) groups is 2. The standard InChI is InChI=1S/C22H29N5O2/c1-3-15-4-6-16(7-5-15)22(29)27-13-10-19-18(14-27)20(25-24-19)21(28)23-17-8-11-26(2)12-9-17/h4-7,17H,3,8-14H2,1-2H3,(H,23,28)(H,24,25). The first-order valence-electron chi connectivity index (χ1n) is 10.5. The van der Waals surface area contributed by atoms with Crippen LogP contribution in [0.1, 0.15) is 57.4 Å². The molecule has 7 nitrogen and oxygen atoms in total. The highest BCUT2D eigenvalue weighted by Crippen LogP contribution is 2.23. The molecule has 4 rings (SSSR count). The van der Waals surface area contributed by atoms with Gasteiger partial charge in [-0.25, -0.2) is 0 Å². The van der Waals surface area contributed by atoms with Gasteiger partial charge >= 0.3 is 0 Å². The van der Waals surface area contributed by atoms with Crippen LogP contribution in [0.15, 0.2) is 24.3 Å². The maximum Gasteiger partial charge on any atom is 0.272 e. The Kier molecular flexibility index (Phi) is 5.67. The zero-order chi connectivity index (χ0) is 20.4. The van der Waals surface area contributed by atoms with Gasteiger partial charge < -0.3 is 15.1 Å². The maximum atomic E-state index is 12.9. The number of hydrogen-bond acceptors (Lipinski definition) is 4. The molecular weight excluding hydrogens is 366 g/mol. The summed E-state index contributed by atoms with van der Waals surface area (Å²) in [6.45, 7) is 5.11. The fourth-order valence-electron chi connectivity index (χ4n) is 4.13. The molecule has 154 valence electrons. The molecule has 2 aliphatic rings. The van der Waals surface area contributed by atoms with Gasteiger partial charge in [-0.3, -0.25) is 14.7 Å². The van der Waals surface area contributed by atoms with Crippen molar-refractivity contribution in [2.24, 2.45) is 0 Å². The van der Waals surface area contributed by atoms with Gasteiger partial charge in [0, 0.05) is 35.8 Å². The van der Waals surface area contributed by atoms with E-state index in [0.717, 1.165) is 43.6 Å². The van der Waals surface area contributed by atoms with E-state index in [2.05, 4.69) is 34.4 Å². The van der Waals surface area contributed by atoms with Crippen molar-refractivity contribution in [3.63, 3.8) is 0 Å². The highest BCUT2D eigenvalue weighted by Gasteiger charge is 2.29. The number of aromatic nitrogens is 2. The molecule has 0 aliphatic carbocycles. The van der Waals surface area contributed by atoms with Crippen LogP contribution < -0.4 is 5.32 Å². The number of H-pyrrole nitrogens is 1. The van der Waals surface area contributed by atoms with Crippen LogP contribution in [0, 0.1) is 0 Å². The van der Waals surface area contributed by atoms with Crippen LogP contribution in [0.3, 0.4) is 0 Å². The second-order valence-corrected chi connectivity index (χ2v) is 8.11. The molecule has 0 radical (unpaired) electrons. The van der Waals surface area contributed by atoms with E-state index in [1.54, 1.807) is 0 Å². The number of hydrogen-bond donors (Lipinski definition) is 2. The molecule has 7 heteroatoms. The molecule has 0 bridgehead atoms. The van der Waals surface area contributed by atoms with Gasteiger partial charge in [0.25, 0.3) is 11.8 Å². The van der Waals surface area contributed by atoms with Gasteiger partial charge in [-0.15, -0.1) is 0 Å². The quantitative estimate of drug-likeness (QED) is 0.830. The molecule has 1 aromatic carbocycles. The van der Waals surface area contributed by atoms with Gasteiger partial charge in [0.2, 0.25) is 0 Å². The number of fused-ring (bicyclic) bond motifs is 1. The molecule has 0 unspecified atom stereocenters. The summed E-state index contributed by atoms with van der Waals surface area (Å²) in [6, 6.07) is 7.96. The average molecular weight is 396 g/mol. The van der Waals surface area contributed by atoms with E-state index in [4.69, 9.17) is 0 Å². The number of benzene rings is 1. The van der Waals surface area contributed by atoms with Gasteiger partial charge in [0.15, 0.2) is 5.69 Å². The fraction of sp³-hybridized carbons (Fsp3) is 0.500. The Hall–Kier alpha value is -2.67. The van der Waals surface area contributed by atoms with Crippen molar-refractivity contribution in [3.05, 3.63) is 52.3 Å². The second kappa shape index (κ2) is 8.37. The predicted molar refractivity (Wildman–Crippen MR) is 111 cm³/mol. The number of nitrogens with one attached hydrogen (secondary N) is 2. The summed E-state index contributed by atoms with van der Waals surface area (Å²) < 4.78 is 0. The Morgan fingerprint density at radius 1 is 1.17 bits per heavy atom. The van der Waals surface area contributed by atoms with Crippen LogP contribution in [0.4, 0.5) is 0 Å². The second-order valence-electron chi connectivity index (χ2n) is 8.11. The third-order valence-electron chi connectivity index (χ3n) is 6.10. The van der Waals surface area contributed by atoms with E-state index >= 15 is 0 Å². The van der Waals surface area contributed by atoms with E-state index in [-0.39, 0.29) is 17.9 Å². The monoisotopic (exact) mass is 395 g/mol. The molecular formula is C22H29N5O2. The lowest BCUT2D eigenvalue weighted by Crippen LogP contribution is -2.44. The number of aromatic amines is 1. The number of nitrogens with zero attached hydrogens (tertiary/aromatic N) is 3. The van der Waals surface area contributed by atoms with E-state index in [1.807, 2.05) is 29.2 Å². The normalized spacial score (nSPS) is 17.8. The van der Waals surface area contributed by atoms with E-state index in [9.17, 15) is 9.59 Å². The maximum absolute atomic E-state index is 12.9. The van der Waals surface area contributed by atoms with Crippen molar-refractivity contribution in [1.82, 2.24) is 25.3 Å². The van der Waals surface area contributed by atoms with Gasteiger partial charge in [-0.1, -0.05) is 19.1 Å². The summed E-state index contributed by atoms with van der Waals surface area (Å²) in [6.07, 6.45) is 3.54. The minimum Gasteiger partial charge on any atom is -0.348 e. The largest absolute Gasteiger partial charge is 0.348 e. The Balaban J connectivity index is 1.45. The number of amides is 2. The summed E-state index contributed by atoms with van der Waals surface area (Å²) in [5.74, 6) is -0.139. The molecule has 1 saturated heterocycles. The SMILES string of the molecule is CCc1ccc(C(=O)N2CCc3[nH]nc(C(=O)NC4CCN(C)CC4)c3C2)cc1. The Bertz CT molecular complexity index is 881. The molecule has 0 spiro atoms. The number of carbonyl (C=O) groups excluding carboxylic acids is 2. The van der Waals surface area contributed by atoms with Crippen molar-refractivity contribution < 1.29 is 9.59 Å².